The van der Waals surface area contributed by atoms with Crippen molar-refractivity contribution < 1.29 is 19.5 Å². The van der Waals surface area contributed by atoms with Gasteiger partial charge < -0.3 is 21.1 Å². The number of amides is 3. The summed E-state index contributed by atoms with van der Waals surface area (Å²) in [5, 5.41) is 16.0. The van der Waals surface area contributed by atoms with Gasteiger partial charge in [-0.1, -0.05) is 13.3 Å². The van der Waals surface area contributed by atoms with Crippen LogP contribution < -0.4 is 16.0 Å². The van der Waals surface area contributed by atoms with Crippen molar-refractivity contribution in [1.82, 2.24) is 16.0 Å². The van der Waals surface area contributed by atoms with Crippen molar-refractivity contribution in [3.63, 3.8) is 0 Å². The molecular weight excluding hydrogens is 226 g/mol. The Balaban J connectivity index is 3.90. The first-order chi connectivity index (χ1) is 8.01. The van der Waals surface area contributed by atoms with Crippen molar-refractivity contribution >= 4 is 17.9 Å². The molecule has 17 heavy (non-hydrogen) atoms. The third-order valence-electron chi connectivity index (χ3n) is 2.10. The second-order valence-corrected chi connectivity index (χ2v) is 3.50. The van der Waals surface area contributed by atoms with E-state index in [1.807, 2.05) is 6.92 Å². The Morgan fingerprint density at radius 2 is 1.94 bits per heavy atom. The molecule has 7 nitrogen and oxygen atoms in total. The zero-order valence-corrected chi connectivity index (χ0v) is 10.1. The van der Waals surface area contributed by atoms with E-state index < -0.39 is 18.0 Å². The van der Waals surface area contributed by atoms with Gasteiger partial charge in [0.2, 0.25) is 5.91 Å². The maximum absolute atomic E-state index is 11.3. The molecule has 0 saturated heterocycles. The lowest BCUT2D eigenvalue weighted by molar-refractivity contribution is -0.139. The number of hydrogen-bond acceptors (Lipinski definition) is 3. The number of hydrogen-bond donors (Lipinski definition) is 4. The summed E-state index contributed by atoms with van der Waals surface area (Å²) in [6.45, 7) is 2.01. The number of carboxylic acids is 1. The molecule has 0 spiro atoms. The summed E-state index contributed by atoms with van der Waals surface area (Å²) in [6, 6.07) is -1.46. The van der Waals surface area contributed by atoms with Gasteiger partial charge in [0, 0.05) is 20.0 Å². The zero-order chi connectivity index (χ0) is 13.3. The van der Waals surface area contributed by atoms with E-state index in [1.54, 1.807) is 0 Å². The van der Waals surface area contributed by atoms with E-state index in [1.165, 1.54) is 7.05 Å². The molecule has 0 fully saturated rings. The topological polar surface area (TPSA) is 108 Å². The predicted molar refractivity (Wildman–Crippen MR) is 61.5 cm³/mol. The normalized spacial score (nSPS) is 11.4. The summed E-state index contributed by atoms with van der Waals surface area (Å²) < 4.78 is 0. The van der Waals surface area contributed by atoms with Crippen LogP contribution in [-0.2, 0) is 9.59 Å². The highest BCUT2D eigenvalue weighted by atomic mass is 16.4. The average Bonchev–Trinajstić information content (AvgIpc) is 2.28. The molecule has 0 aromatic carbocycles. The highest BCUT2D eigenvalue weighted by Crippen LogP contribution is 1.96. The minimum absolute atomic E-state index is 0.162. The monoisotopic (exact) mass is 245 g/mol. The predicted octanol–water partition coefficient (Wildman–Crippen LogP) is -0.325. The second-order valence-electron chi connectivity index (χ2n) is 3.50. The molecule has 1 atom stereocenters. The van der Waals surface area contributed by atoms with Gasteiger partial charge in [-0.05, 0) is 6.42 Å². The van der Waals surface area contributed by atoms with Gasteiger partial charge >= 0.3 is 12.0 Å². The van der Waals surface area contributed by atoms with Gasteiger partial charge in [0.05, 0.1) is 0 Å². The fourth-order valence-electron chi connectivity index (χ4n) is 1.17. The SMILES string of the molecule is CCC[C@@H](NC(=O)NCCC(=O)NC)C(=O)O. The van der Waals surface area contributed by atoms with E-state index in [9.17, 15) is 14.4 Å². The van der Waals surface area contributed by atoms with Crippen LogP contribution in [0, 0.1) is 0 Å². The molecule has 0 aliphatic heterocycles. The van der Waals surface area contributed by atoms with E-state index in [4.69, 9.17) is 5.11 Å². The smallest absolute Gasteiger partial charge is 0.326 e. The van der Waals surface area contributed by atoms with Gasteiger partial charge in [-0.15, -0.1) is 0 Å². The van der Waals surface area contributed by atoms with Crippen LogP contribution in [0.4, 0.5) is 4.79 Å². The molecule has 0 bridgehead atoms. The van der Waals surface area contributed by atoms with Crippen LogP contribution in [0.5, 0.6) is 0 Å². The number of carboxylic acid groups (broad SMARTS) is 1. The van der Waals surface area contributed by atoms with Crippen molar-refractivity contribution in [2.45, 2.75) is 32.2 Å². The maximum Gasteiger partial charge on any atom is 0.326 e. The number of rotatable bonds is 7. The maximum atomic E-state index is 11.3. The number of carbonyl (C=O) groups excluding carboxylic acids is 2. The van der Waals surface area contributed by atoms with E-state index in [0.29, 0.717) is 12.8 Å². The van der Waals surface area contributed by atoms with Crippen molar-refractivity contribution in [1.29, 1.82) is 0 Å². The lowest BCUT2D eigenvalue weighted by Crippen LogP contribution is -2.46. The molecule has 0 rings (SSSR count). The molecule has 0 unspecified atom stereocenters. The Hall–Kier alpha value is -1.79. The van der Waals surface area contributed by atoms with E-state index in [2.05, 4.69) is 16.0 Å². The summed E-state index contributed by atoms with van der Waals surface area (Å²) in [4.78, 5) is 32.9. The summed E-state index contributed by atoms with van der Waals surface area (Å²) >= 11 is 0. The van der Waals surface area contributed by atoms with Crippen molar-refractivity contribution in [3.05, 3.63) is 0 Å². The first kappa shape index (κ1) is 15.2. The van der Waals surface area contributed by atoms with Crippen molar-refractivity contribution in [2.75, 3.05) is 13.6 Å². The van der Waals surface area contributed by atoms with Crippen LogP contribution in [0.15, 0.2) is 0 Å². The summed E-state index contributed by atoms with van der Waals surface area (Å²) in [7, 11) is 1.50. The molecule has 0 aromatic rings. The third-order valence-corrected chi connectivity index (χ3v) is 2.10. The van der Waals surface area contributed by atoms with Gasteiger partial charge in [0.15, 0.2) is 0 Å². The number of carbonyl (C=O) groups is 3. The van der Waals surface area contributed by atoms with Crippen LogP contribution in [0.3, 0.4) is 0 Å². The molecule has 7 heteroatoms. The summed E-state index contributed by atoms with van der Waals surface area (Å²) in [5.74, 6) is -1.25. The Labute approximate surface area is 100.0 Å². The summed E-state index contributed by atoms with van der Waals surface area (Å²) in [5.41, 5.74) is 0. The Morgan fingerprint density at radius 1 is 1.29 bits per heavy atom. The molecule has 0 aliphatic carbocycles. The molecule has 0 saturated carbocycles. The van der Waals surface area contributed by atoms with Gasteiger partial charge in [0.1, 0.15) is 6.04 Å². The second kappa shape index (κ2) is 8.37. The standard InChI is InChI=1S/C10H19N3O4/c1-3-4-7(9(15)16)13-10(17)12-6-5-8(14)11-2/h7H,3-6H2,1-2H3,(H,11,14)(H,15,16)(H2,12,13,17)/t7-/m1/s1. The minimum atomic E-state index is -1.06. The van der Waals surface area contributed by atoms with Crippen LogP contribution in [-0.4, -0.2) is 42.6 Å². The molecule has 3 amide bonds. The highest BCUT2D eigenvalue weighted by Gasteiger charge is 2.18. The van der Waals surface area contributed by atoms with Gasteiger partial charge in [-0.2, -0.15) is 0 Å². The van der Waals surface area contributed by atoms with E-state index in [0.717, 1.165) is 0 Å². The summed E-state index contributed by atoms with van der Waals surface area (Å²) in [6.07, 6.45) is 1.20. The molecule has 0 heterocycles. The Morgan fingerprint density at radius 3 is 2.41 bits per heavy atom. The number of aliphatic carboxylic acids is 1. The number of nitrogens with one attached hydrogen (secondary N) is 3. The first-order valence-electron chi connectivity index (χ1n) is 5.49. The average molecular weight is 245 g/mol. The lowest BCUT2D eigenvalue weighted by Gasteiger charge is -2.14. The van der Waals surface area contributed by atoms with Gasteiger partial charge in [0.25, 0.3) is 0 Å². The molecule has 0 aromatic heterocycles. The van der Waals surface area contributed by atoms with E-state index >= 15 is 0 Å². The van der Waals surface area contributed by atoms with Gasteiger partial charge in [-0.25, -0.2) is 9.59 Å². The van der Waals surface area contributed by atoms with Crippen LogP contribution in [0.2, 0.25) is 0 Å². The van der Waals surface area contributed by atoms with Crippen LogP contribution in [0.25, 0.3) is 0 Å². The van der Waals surface area contributed by atoms with Crippen LogP contribution >= 0.6 is 0 Å². The highest BCUT2D eigenvalue weighted by molar-refractivity contribution is 5.83. The van der Waals surface area contributed by atoms with Crippen LogP contribution in [0.1, 0.15) is 26.2 Å². The van der Waals surface area contributed by atoms with Crippen molar-refractivity contribution in [2.24, 2.45) is 0 Å². The lowest BCUT2D eigenvalue weighted by atomic mass is 10.2. The van der Waals surface area contributed by atoms with E-state index in [-0.39, 0.29) is 18.9 Å². The number of urea groups is 1. The molecule has 0 radical (unpaired) electrons. The largest absolute Gasteiger partial charge is 0.480 e. The fourth-order valence-corrected chi connectivity index (χ4v) is 1.17. The molecule has 0 aliphatic rings. The first-order valence-corrected chi connectivity index (χ1v) is 5.49. The third kappa shape index (κ3) is 7.15. The zero-order valence-electron chi connectivity index (χ0n) is 10.1. The Kier molecular flexibility index (Phi) is 7.49. The molecule has 98 valence electrons. The fraction of sp³-hybridized carbons (Fsp3) is 0.700. The quantitative estimate of drug-likeness (QED) is 0.492. The Bertz CT molecular complexity index is 281. The van der Waals surface area contributed by atoms with Crippen molar-refractivity contribution in [3.8, 4) is 0 Å². The molecule has 4 N–H and O–H groups in total. The molecular formula is C10H19N3O4. The van der Waals surface area contributed by atoms with Gasteiger partial charge in [-0.3, -0.25) is 4.79 Å². The minimum Gasteiger partial charge on any atom is -0.480 e.